The molecule has 0 aliphatic heterocycles. The molecule has 2 saturated carbocycles. The number of nitrogens with one attached hydrogen (secondary N) is 2. The van der Waals surface area contributed by atoms with Crippen molar-refractivity contribution in [2.75, 3.05) is 5.32 Å². The number of hydrogen-bond donors (Lipinski definition) is 2. The molecule has 2 N–H and O–H groups in total. The smallest absolute Gasteiger partial charge is 0.255 e. The maximum absolute atomic E-state index is 12.5. The van der Waals surface area contributed by atoms with Gasteiger partial charge in [-0.3, -0.25) is 4.79 Å². The number of hydrogen-bond acceptors (Lipinski definition) is 3. The average molecular weight is 287 g/mol. The van der Waals surface area contributed by atoms with Gasteiger partial charge in [0, 0.05) is 18.3 Å². The molecule has 0 spiro atoms. The van der Waals surface area contributed by atoms with Gasteiger partial charge in [-0.2, -0.15) is 0 Å². The standard InChI is InChI=1S/C17H25N3O/c21-17(20-14-9-4-5-10-14)15-11-6-12-18-16(15)19-13-7-2-1-3-8-13/h6,11-14H,1-5,7-10H2,(H,18,19)(H,20,21). The number of pyridine rings is 1. The lowest BCUT2D eigenvalue weighted by atomic mass is 9.95. The van der Waals surface area contributed by atoms with Crippen LogP contribution in [0.25, 0.3) is 0 Å². The van der Waals surface area contributed by atoms with E-state index in [0.29, 0.717) is 17.6 Å². The van der Waals surface area contributed by atoms with E-state index >= 15 is 0 Å². The molecular formula is C17H25N3O. The normalized spacial score (nSPS) is 20.4. The third-order valence-electron chi connectivity index (χ3n) is 4.69. The second kappa shape index (κ2) is 6.92. The number of aromatic nitrogens is 1. The SMILES string of the molecule is O=C(NC1CCCC1)c1cccnc1NC1CCCCC1. The van der Waals surface area contributed by atoms with E-state index in [0.717, 1.165) is 18.7 Å². The Balaban J connectivity index is 1.67. The van der Waals surface area contributed by atoms with E-state index < -0.39 is 0 Å². The van der Waals surface area contributed by atoms with Crippen LogP contribution in [0, 0.1) is 0 Å². The van der Waals surface area contributed by atoms with Gasteiger partial charge in [-0.05, 0) is 37.8 Å². The number of amides is 1. The second-order valence-electron chi connectivity index (χ2n) is 6.33. The summed E-state index contributed by atoms with van der Waals surface area (Å²) in [5.41, 5.74) is 0.690. The van der Waals surface area contributed by atoms with E-state index in [1.165, 1.54) is 44.9 Å². The van der Waals surface area contributed by atoms with Gasteiger partial charge >= 0.3 is 0 Å². The summed E-state index contributed by atoms with van der Waals surface area (Å²) in [4.78, 5) is 16.9. The Morgan fingerprint density at radius 3 is 2.43 bits per heavy atom. The van der Waals surface area contributed by atoms with Gasteiger partial charge in [-0.25, -0.2) is 4.98 Å². The van der Waals surface area contributed by atoms with Gasteiger partial charge in [0.05, 0.1) is 5.56 Å². The van der Waals surface area contributed by atoms with Gasteiger partial charge in [0.1, 0.15) is 5.82 Å². The molecule has 2 fully saturated rings. The van der Waals surface area contributed by atoms with Crippen LogP contribution >= 0.6 is 0 Å². The molecule has 0 bridgehead atoms. The van der Waals surface area contributed by atoms with E-state index in [2.05, 4.69) is 15.6 Å². The maximum atomic E-state index is 12.5. The third-order valence-corrected chi connectivity index (χ3v) is 4.69. The van der Waals surface area contributed by atoms with E-state index in [1.807, 2.05) is 12.1 Å². The monoisotopic (exact) mass is 287 g/mol. The minimum absolute atomic E-state index is 0.0216. The molecule has 3 rings (SSSR count). The van der Waals surface area contributed by atoms with Crippen molar-refractivity contribution in [3.63, 3.8) is 0 Å². The quantitative estimate of drug-likeness (QED) is 0.891. The first-order valence-electron chi connectivity index (χ1n) is 8.35. The fourth-order valence-corrected chi connectivity index (χ4v) is 3.48. The zero-order valence-corrected chi connectivity index (χ0v) is 12.6. The molecule has 0 aromatic carbocycles. The number of nitrogens with zero attached hydrogens (tertiary/aromatic N) is 1. The predicted molar refractivity (Wildman–Crippen MR) is 84.5 cm³/mol. The summed E-state index contributed by atoms with van der Waals surface area (Å²) in [5, 5.41) is 6.64. The van der Waals surface area contributed by atoms with Crippen molar-refractivity contribution in [2.45, 2.75) is 69.9 Å². The molecule has 1 aromatic rings. The first kappa shape index (κ1) is 14.4. The Bertz CT molecular complexity index is 477. The van der Waals surface area contributed by atoms with Crippen LogP contribution in [-0.4, -0.2) is 23.0 Å². The van der Waals surface area contributed by atoms with Crippen LogP contribution in [0.1, 0.15) is 68.1 Å². The van der Waals surface area contributed by atoms with Gasteiger partial charge in [0.15, 0.2) is 0 Å². The summed E-state index contributed by atoms with van der Waals surface area (Å²) in [6.07, 6.45) is 12.7. The predicted octanol–water partition coefficient (Wildman–Crippen LogP) is 3.50. The molecule has 1 heterocycles. The summed E-state index contributed by atoms with van der Waals surface area (Å²) < 4.78 is 0. The molecule has 0 unspecified atom stereocenters. The molecule has 2 aliphatic rings. The first-order valence-corrected chi connectivity index (χ1v) is 8.35. The lowest BCUT2D eigenvalue weighted by Gasteiger charge is -2.24. The largest absolute Gasteiger partial charge is 0.367 e. The Kier molecular flexibility index (Phi) is 4.73. The van der Waals surface area contributed by atoms with Crippen molar-refractivity contribution in [1.29, 1.82) is 0 Å². The van der Waals surface area contributed by atoms with Crippen LogP contribution in [0.15, 0.2) is 18.3 Å². The van der Waals surface area contributed by atoms with Crippen LogP contribution in [-0.2, 0) is 0 Å². The van der Waals surface area contributed by atoms with Gasteiger partial charge in [0.2, 0.25) is 0 Å². The van der Waals surface area contributed by atoms with Gasteiger partial charge < -0.3 is 10.6 Å². The topological polar surface area (TPSA) is 54.0 Å². The highest BCUT2D eigenvalue weighted by Crippen LogP contribution is 2.23. The molecule has 0 atom stereocenters. The van der Waals surface area contributed by atoms with E-state index in [4.69, 9.17) is 0 Å². The molecule has 2 aliphatic carbocycles. The Morgan fingerprint density at radius 1 is 1.00 bits per heavy atom. The summed E-state index contributed by atoms with van der Waals surface area (Å²) in [5.74, 6) is 0.771. The summed E-state index contributed by atoms with van der Waals surface area (Å²) in [6, 6.07) is 4.53. The molecule has 21 heavy (non-hydrogen) atoms. The maximum Gasteiger partial charge on any atom is 0.255 e. The van der Waals surface area contributed by atoms with Gasteiger partial charge in [-0.15, -0.1) is 0 Å². The lowest BCUT2D eigenvalue weighted by molar-refractivity contribution is 0.0938. The van der Waals surface area contributed by atoms with Crippen LogP contribution in [0.4, 0.5) is 5.82 Å². The molecule has 0 saturated heterocycles. The van der Waals surface area contributed by atoms with Gasteiger partial charge in [-0.1, -0.05) is 32.1 Å². The number of rotatable bonds is 4. The molecule has 1 amide bonds. The molecule has 0 radical (unpaired) electrons. The molecule has 4 nitrogen and oxygen atoms in total. The highest BCUT2D eigenvalue weighted by molar-refractivity contribution is 5.98. The van der Waals surface area contributed by atoms with Crippen LogP contribution in [0.3, 0.4) is 0 Å². The van der Waals surface area contributed by atoms with Crippen LogP contribution in [0.2, 0.25) is 0 Å². The van der Waals surface area contributed by atoms with Crippen molar-refractivity contribution in [3.05, 3.63) is 23.9 Å². The first-order chi connectivity index (χ1) is 10.3. The Morgan fingerprint density at radius 2 is 1.67 bits per heavy atom. The minimum atomic E-state index is 0.0216. The van der Waals surface area contributed by atoms with Gasteiger partial charge in [0.25, 0.3) is 5.91 Å². The number of carbonyl (C=O) groups excluding carboxylic acids is 1. The van der Waals surface area contributed by atoms with Crippen molar-refractivity contribution in [2.24, 2.45) is 0 Å². The van der Waals surface area contributed by atoms with E-state index in [-0.39, 0.29) is 5.91 Å². The van der Waals surface area contributed by atoms with Crippen molar-refractivity contribution < 1.29 is 4.79 Å². The highest BCUT2D eigenvalue weighted by Gasteiger charge is 2.21. The van der Waals surface area contributed by atoms with Crippen molar-refractivity contribution >= 4 is 11.7 Å². The minimum Gasteiger partial charge on any atom is -0.367 e. The van der Waals surface area contributed by atoms with E-state index in [1.54, 1.807) is 6.20 Å². The average Bonchev–Trinajstić information content (AvgIpc) is 3.02. The molecule has 1 aromatic heterocycles. The van der Waals surface area contributed by atoms with Crippen LogP contribution in [0.5, 0.6) is 0 Å². The van der Waals surface area contributed by atoms with Crippen LogP contribution < -0.4 is 10.6 Å². The molecular weight excluding hydrogens is 262 g/mol. The fraction of sp³-hybridized carbons (Fsp3) is 0.647. The zero-order valence-electron chi connectivity index (χ0n) is 12.6. The summed E-state index contributed by atoms with van der Waals surface area (Å²) >= 11 is 0. The van der Waals surface area contributed by atoms with E-state index in [9.17, 15) is 4.79 Å². The zero-order chi connectivity index (χ0) is 14.5. The lowest BCUT2D eigenvalue weighted by Crippen LogP contribution is -2.34. The summed E-state index contributed by atoms with van der Waals surface area (Å²) in [7, 11) is 0. The summed E-state index contributed by atoms with van der Waals surface area (Å²) in [6.45, 7) is 0. The molecule has 114 valence electrons. The number of anilines is 1. The van der Waals surface area contributed by atoms with Crippen molar-refractivity contribution in [3.8, 4) is 0 Å². The number of carbonyl (C=O) groups is 1. The fourth-order valence-electron chi connectivity index (χ4n) is 3.48. The highest BCUT2D eigenvalue weighted by atomic mass is 16.1. The second-order valence-corrected chi connectivity index (χ2v) is 6.33. The van der Waals surface area contributed by atoms with Crippen molar-refractivity contribution in [1.82, 2.24) is 10.3 Å². The third kappa shape index (κ3) is 3.74. The Hall–Kier alpha value is -1.58. The Labute approximate surface area is 126 Å². The molecule has 4 heteroatoms.